The van der Waals surface area contributed by atoms with Gasteiger partial charge in [0.25, 0.3) is 0 Å². The van der Waals surface area contributed by atoms with E-state index in [9.17, 15) is 4.79 Å². The zero-order chi connectivity index (χ0) is 13.4. The Morgan fingerprint density at radius 2 is 2.11 bits per heavy atom. The minimum atomic E-state index is -0.368. The smallest absolute Gasteiger partial charge is 0.230 e. The molecule has 0 spiro atoms. The molecule has 0 heterocycles. The molecule has 0 aliphatic carbocycles. The summed E-state index contributed by atoms with van der Waals surface area (Å²) in [6, 6.07) is 7.61. The first-order valence-corrected chi connectivity index (χ1v) is 7.38. The van der Waals surface area contributed by atoms with Crippen LogP contribution in [0.15, 0.2) is 24.3 Å². The summed E-state index contributed by atoms with van der Waals surface area (Å²) in [5.41, 5.74) is 1.15. The van der Waals surface area contributed by atoms with Crippen molar-refractivity contribution in [3.63, 3.8) is 0 Å². The molecule has 18 heavy (non-hydrogen) atoms. The van der Waals surface area contributed by atoms with Gasteiger partial charge in [-0.15, -0.1) is 11.8 Å². The Hall–Kier alpha value is -0.710. The minimum Gasteiger partial charge on any atom is -0.393 e. The first kappa shape index (κ1) is 15.3. The minimum absolute atomic E-state index is 0.00890. The van der Waals surface area contributed by atoms with Crippen molar-refractivity contribution in [1.29, 1.82) is 0 Å². The van der Waals surface area contributed by atoms with Gasteiger partial charge in [0.05, 0.1) is 11.9 Å². The Balaban J connectivity index is 2.13. The average Bonchev–Trinajstić information content (AvgIpc) is 2.31. The number of aliphatic hydroxyl groups excluding tert-OH is 1. The Morgan fingerprint density at radius 1 is 1.44 bits per heavy atom. The van der Waals surface area contributed by atoms with Crippen molar-refractivity contribution in [3.8, 4) is 0 Å². The highest BCUT2D eigenvalue weighted by atomic mass is 35.5. The van der Waals surface area contributed by atoms with E-state index in [0.717, 1.165) is 16.3 Å². The molecule has 0 aliphatic heterocycles. The van der Waals surface area contributed by atoms with Crippen LogP contribution in [0.2, 0.25) is 5.02 Å². The standard InChI is InChI=1S/C13H18ClNO2S/c1-10(16)6-7-15-13(17)9-18-8-11-2-4-12(14)5-3-11/h2-5,10,16H,6-9H2,1H3,(H,15,17). The zero-order valence-corrected chi connectivity index (χ0v) is 11.9. The third kappa shape index (κ3) is 6.89. The summed E-state index contributed by atoms with van der Waals surface area (Å²) in [5, 5.41) is 12.5. The van der Waals surface area contributed by atoms with Crippen LogP contribution in [0, 0.1) is 0 Å². The predicted molar refractivity (Wildman–Crippen MR) is 76.9 cm³/mol. The lowest BCUT2D eigenvalue weighted by atomic mass is 10.2. The van der Waals surface area contributed by atoms with E-state index in [1.165, 1.54) is 0 Å². The fourth-order valence-electron chi connectivity index (χ4n) is 1.31. The van der Waals surface area contributed by atoms with Gasteiger partial charge in [0.2, 0.25) is 5.91 Å². The highest BCUT2D eigenvalue weighted by Gasteiger charge is 2.02. The third-order valence-corrected chi connectivity index (χ3v) is 3.56. The molecule has 1 atom stereocenters. The van der Waals surface area contributed by atoms with E-state index in [1.54, 1.807) is 18.7 Å². The molecule has 0 saturated carbocycles. The number of halogens is 1. The number of nitrogens with one attached hydrogen (secondary N) is 1. The van der Waals surface area contributed by atoms with Crippen LogP contribution in [0.25, 0.3) is 0 Å². The van der Waals surface area contributed by atoms with Crippen molar-refractivity contribution >= 4 is 29.3 Å². The zero-order valence-electron chi connectivity index (χ0n) is 10.4. The van der Waals surface area contributed by atoms with Gasteiger partial charge < -0.3 is 10.4 Å². The Bertz CT molecular complexity index is 368. The highest BCUT2D eigenvalue weighted by Crippen LogP contribution is 2.15. The first-order valence-electron chi connectivity index (χ1n) is 5.85. The summed E-state index contributed by atoms with van der Waals surface area (Å²) >= 11 is 7.35. The van der Waals surface area contributed by atoms with Gasteiger partial charge in [-0.2, -0.15) is 0 Å². The molecule has 2 N–H and O–H groups in total. The third-order valence-electron chi connectivity index (χ3n) is 2.30. The second-order valence-electron chi connectivity index (χ2n) is 4.11. The average molecular weight is 288 g/mol. The Morgan fingerprint density at radius 3 is 2.72 bits per heavy atom. The summed E-state index contributed by atoms with van der Waals surface area (Å²) in [6.07, 6.45) is 0.222. The van der Waals surface area contributed by atoms with Crippen LogP contribution in [0.1, 0.15) is 18.9 Å². The molecule has 1 aromatic carbocycles. The fourth-order valence-corrected chi connectivity index (χ4v) is 2.26. The van der Waals surface area contributed by atoms with Gasteiger partial charge >= 0.3 is 0 Å². The second kappa shape index (κ2) is 8.40. The van der Waals surface area contributed by atoms with Gasteiger partial charge in [0.15, 0.2) is 0 Å². The molecule has 100 valence electrons. The van der Waals surface area contributed by atoms with Crippen LogP contribution < -0.4 is 5.32 Å². The lowest BCUT2D eigenvalue weighted by molar-refractivity contribution is -0.118. The van der Waals surface area contributed by atoms with Crippen LogP contribution in [0.5, 0.6) is 0 Å². The molecule has 5 heteroatoms. The molecular weight excluding hydrogens is 270 g/mol. The molecule has 1 amide bonds. The number of benzene rings is 1. The maximum absolute atomic E-state index is 11.4. The molecule has 0 saturated heterocycles. The van der Waals surface area contributed by atoms with E-state index in [-0.39, 0.29) is 12.0 Å². The van der Waals surface area contributed by atoms with Crippen molar-refractivity contribution < 1.29 is 9.90 Å². The SMILES string of the molecule is CC(O)CCNC(=O)CSCc1ccc(Cl)cc1. The Kier molecular flexibility index (Phi) is 7.16. The van der Waals surface area contributed by atoms with Crippen molar-refractivity contribution in [2.45, 2.75) is 25.2 Å². The van der Waals surface area contributed by atoms with Gasteiger partial charge in [0.1, 0.15) is 0 Å². The van der Waals surface area contributed by atoms with Gasteiger partial charge in [-0.05, 0) is 31.0 Å². The number of rotatable bonds is 7. The van der Waals surface area contributed by atoms with Crippen LogP contribution >= 0.6 is 23.4 Å². The summed E-state index contributed by atoms with van der Waals surface area (Å²) in [5.74, 6) is 1.23. The topological polar surface area (TPSA) is 49.3 Å². The number of carbonyl (C=O) groups is 1. The second-order valence-corrected chi connectivity index (χ2v) is 5.53. The van der Waals surface area contributed by atoms with Crippen molar-refractivity contribution in [2.24, 2.45) is 0 Å². The summed E-state index contributed by atoms with van der Waals surface area (Å²) in [6.45, 7) is 2.24. The molecule has 0 bridgehead atoms. The molecule has 0 aliphatic rings. The van der Waals surface area contributed by atoms with Crippen LogP contribution in [-0.4, -0.2) is 29.4 Å². The fraction of sp³-hybridized carbons (Fsp3) is 0.462. The van der Waals surface area contributed by atoms with Crippen LogP contribution in [0.3, 0.4) is 0 Å². The summed E-state index contributed by atoms with van der Waals surface area (Å²) in [4.78, 5) is 11.4. The van der Waals surface area contributed by atoms with E-state index in [0.29, 0.717) is 18.7 Å². The molecular formula is C13H18ClNO2S. The monoisotopic (exact) mass is 287 g/mol. The molecule has 3 nitrogen and oxygen atoms in total. The number of carbonyl (C=O) groups excluding carboxylic acids is 1. The Labute approximate surface area is 117 Å². The van der Waals surface area contributed by atoms with Crippen molar-refractivity contribution in [2.75, 3.05) is 12.3 Å². The molecule has 1 aromatic rings. The van der Waals surface area contributed by atoms with Crippen molar-refractivity contribution in [1.82, 2.24) is 5.32 Å². The summed E-state index contributed by atoms with van der Waals surface area (Å²) in [7, 11) is 0. The maximum atomic E-state index is 11.4. The highest BCUT2D eigenvalue weighted by molar-refractivity contribution is 7.99. The first-order chi connectivity index (χ1) is 8.58. The quantitative estimate of drug-likeness (QED) is 0.810. The predicted octanol–water partition coefficient (Wildman–Crippen LogP) is 2.46. The number of amides is 1. The molecule has 0 aromatic heterocycles. The van der Waals surface area contributed by atoms with Crippen molar-refractivity contribution in [3.05, 3.63) is 34.9 Å². The normalized spacial score (nSPS) is 12.2. The van der Waals surface area contributed by atoms with E-state index >= 15 is 0 Å². The van der Waals surface area contributed by atoms with Gasteiger partial charge in [0, 0.05) is 17.3 Å². The van der Waals surface area contributed by atoms with E-state index in [2.05, 4.69) is 5.32 Å². The lowest BCUT2D eigenvalue weighted by Crippen LogP contribution is -2.28. The lowest BCUT2D eigenvalue weighted by Gasteiger charge is -2.06. The van der Waals surface area contributed by atoms with E-state index in [4.69, 9.17) is 16.7 Å². The largest absolute Gasteiger partial charge is 0.393 e. The number of thioether (sulfide) groups is 1. The number of hydrogen-bond acceptors (Lipinski definition) is 3. The maximum Gasteiger partial charge on any atom is 0.230 e. The molecule has 1 unspecified atom stereocenters. The number of hydrogen-bond donors (Lipinski definition) is 2. The van der Waals surface area contributed by atoms with Gasteiger partial charge in [-0.3, -0.25) is 4.79 Å². The van der Waals surface area contributed by atoms with E-state index < -0.39 is 0 Å². The molecule has 1 rings (SSSR count). The van der Waals surface area contributed by atoms with Gasteiger partial charge in [-0.1, -0.05) is 23.7 Å². The molecule has 0 radical (unpaired) electrons. The number of aliphatic hydroxyl groups is 1. The van der Waals surface area contributed by atoms with Gasteiger partial charge in [-0.25, -0.2) is 0 Å². The summed E-state index contributed by atoms with van der Waals surface area (Å²) < 4.78 is 0. The van der Waals surface area contributed by atoms with Crippen LogP contribution in [0.4, 0.5) is 0 Å². The van der Waals surface area contributed by atoms with Crippen LogP contribution in [-0.2, 0) is 10.5 Å². The van der Waals surface area contributed by atoms with E-state index in [1.807, 2.05) is 24.3 Å². The molecule has 0 fully saturated rings.